The third-order valence-electron chi connectivity index (χ3n) is 2.08. The van der Waals surface area contributed by atoms with E-state index >= 15 is 0 Å². The van der Waals surface area contributed by atoms with Crippen molar-refractivity contribution in [3.63, 3.8) is 0 Å². The molecule has 0 spiro atoms. The molecule has 2 aromatic rings. The Kier molecular flexibility index (Phi) is 5.86. The van der Waals surface area contributed by atoms with Crippen molar-refractivity contribution in [3.8, 4) is 11.1 Å². The van der Waals surface area contributed by atoms with E-state index in [2.05, 4.69) is 0 Å². The average molecular weight is 260 g/mol. The molecule has 0 fully saturated rings. The minimum Gasteiger partial charge on any atom is -0.399 e. The van der Waals surface area contributed by atoms with Gasteiger partial charge in [-0.2, -0.15) is 0 Å². The van der Waals surface area contributed by atoms with Crippen LogP contribution in [0.2, 0.25) is 0 Å². The lowest BCUT2D eigenvalue weighted by Gasteiger charge is -2.03. The lowest BCUT2D eigenvalue weighted by molar-refractivity contribution is 0.632. The highest BCUT2D eigenvalue weighted by molar-refractivity contribution is 5.85. The number of nitrogen functional groups attached to an aromatic ring is 1. The molecular weight excluding hydrogens is 248 g/mol. The summed E-state index contributed by atoms with van der Waals surface area (Å²) in [5.74, 6) is -0.281. The number of hydrogen-bond donors (Lipinski definition) is 1. The van der Waals surface area contributed by atoms with Crippen LogP contribution in [0, 0.1) is 5.82 Å². The Bertz CT molecular complexity index is 446. The molecule has 2 rings (SSSR count). The Balaban J connectivity index is 0.00000112. The van der Waals surface area contributed by atoms with Crippen molar-refractivity contribution >= 4 is 30.5 Å². The molecule has 0 aliphatic rings. The summed E-state index contributed by atoms with van der Waals surface area (Å²) in [6.07, 6.45) is 0. The normalized spacial score (nSPS) is 8.81. The molecule has 0 bridgehead atoms. The zero-order chi connectivity index (χ0) is 9.97. The quantitative estimate of drug-likeness (QED) is 0.773. The van der Waals surface area contributed by atoms with Crippen molar-refractivity contribution in [3.05, 3.63) is 54.3 Å². The zero-order valence-corrected chi connectivity index (χ0v) is 10.0. The minimum atomic E-state index is -0.281. The van der Waals surface area contributed by atoms with Crippen LogP contribution in [0.4, 0.5) is 10.1 Å². The SMILES string of the molecule is Cl.Cl.Nc1ccc(-c2ccccc2)c(F)c1. The van der Waals surface area contributed by atoms with Crippen LogP contribution in [0.3, 0.4) is 0 Å². The lowest BCUT2D eigenvalue weighted by Crippen LogP contribution is -1.88. The average Bonchev–Trinajstić information content (AvgIpc) is 2.19. The largest absolute Gasteiger partial charge is 0.399 e. The fraction of sp³-hybridized carbons (Fsp3) is 0. The molecule has 0 amide bonds. The molecule has 0 atom stereocenters. The first-order valence-corrected chi connectivity index (χ1v) is 4.38. The third-order valence-corrected chi connectivity index (χ3v) is 2.08. The summed E-state index contributed by atoms with van der Waals surface area (Å²) in [6.45, 7) is 0. The van der Waals surface area contributed by atoms with Gasteiger partial charge in [0.2, 0.25) is 0 Å². The van der Waals surface area contributed by atoms with Crippen LogP contribution in [0.5, 0.6) is 0 Å². The van der Waals surface area contributed by atoms with Gasteiger partial charge in [0.15, 0.2) is 0 Å². The lowest BCUT2D eigenvalue weighted by atomic mass is 10.1. The zero-order valence-electron chi connectivity index (χ0n) is 8.39. The Morgan fingerprint density at radius 2 is 1.50 bits per heavy atom. The number of anilines is 1. The summed E-state index contributed by atoms with van der Waals surface area (Å²) >= 11 is 0. The molecule has 0 unspecified atom stereocenters. The maximum atomic E-state index is 13.5. The first-order chi connectivity index (χ1) is 6.77. The van der Waals surface area contributed by atoms with Crippen LogP contribution in [0.1, 0.15) is 0 Å². The van der Waals surface area contributed by atoms with Crippen LogP contribution < -0.4 is 5.73 Å². The van der Waals surface area contributed by atoms with Gasteiger partial charge in [0.05, 0.1) is 0 Å². The van der Waals surface area contributed by atoms with Gasteiger partial charge in [0.1, 0.15) is 5.82 Å². The minimum absolute atomic E-state index is 0. The molecule has 0 heterocycles. The van der Waals surface area contributed by atoms with E-state index in [1.54, 1.807) is 12.1 Å². The van der Waals surface area contributed by atoms with Gasteiger partial charge in [0, 0.05) is 11.3 Å². The second-order valence-electron chi connectivity index (χ2n) is 3.11. The van der Waals surface area contributed by atoms with E-state index in [0.29, 0.717) is 11.3 Å². The predicted octanol–water partition coefficient (Wildman–Crippen LogP) is 3.92. The highest BCUT2D eigenvalue weighted by Gasteiger charge is 2.03. The first-order valence-electron chi connectivity index (χ1n) is 4.38. The Morgan fingerprint density at radius 1 is 0.875 bits per heavy atom. The van der Waals surface area contributed by atoms with E-state index in [1.165, 1.54) is 6.07 Å². The number of hydrogen-bond acceptors (Lipinski definition) is 1. The standard InChI is InChI=1S/C12H10FN.2ClH/c13-12-8-10(14)6-7-11(12)9-4-2-1-3-5-9;;/h1-8H,14H2;2*1H. The number of benzene rings is 2. The van der Waals surface area contributed by atoms with E-state index in [0.717, 1.165) is 5.56 Å². The van der Waals surface area contributed by atoms with Gasteiger partial charge in [-0.1, -0.05) is 30.3 Å². The van der Waals surface area contributed by atoms with E-state index in [-0.39, 0.29) is 30.6 Å². The molecular formula is C12H12Cl2FN. The Labute approximate surface area is 106 Å². The summed E-state index contributed by atoms with van der Waals surface area (Å²) in [6, 6.07) is 14.1. The van der Waals surface area contributed by atoms with Gasteiger partial charge < -0.3 is 5.73 Å². The van der Waals surface area contributed by atoms with Gasteiger partial charge in [-0.25, -0.2) is 4.39 Å². The van der Waals surface area contributed by atoms with E-state index < -0.39 is 0 Å². The third kappa shape index (κ3) is 3.12. The fourth-order valence-electron chi connectivity index (χ4n) is 1.38. The molecule has 16 heavy (non-hydrogen) atoms. The molecule has 0 radical (unpaired) electrons. The first kappa shape index (κ1) is 14.8. The molecule has 0 saturated carbocycles. The van der Waals surface area contributed by atoms with E-state index in [1.807, 2.05) is 30.3 Å². The summed E-state index contributed by atoms with van der Waals surface area (Å²) in [7, 11) is 0. The van der Waals surface area contributed by atoms with Gasteiger partial charge >= 0.3 is 0 Å². The van der Waals surface area contributed by atoms with Crippen molar-refractivity contribution in [2.24, 2.45) is 0 Å². The van der Waals surface area contributed by atoms with Gasteiger partial charge in [-0.15, -0.1) is 24.8 Å². The summed E-state index contributed by atoms with van der Waals surface area (Å²) in [4.78, 5) is 0. The molecule has 0 saturated heterocycles. The summed E-state index contributed by atoms with van der Waals surface area (Å²) in [5, 5.41) is 0. The van der Waals surface area contributed by atoms with Crippen molar-refractivity contribution in [1.82, 2.24) is 0 Å². The van der Waals surface area contributed by atoms with E-state index in [4.69, 9.17) is 5.73 Å². The maximum absolute atomic E-state index is 13.5. The van der Waals surface area contributed by atoms with Crippen LogP contribution in [-0.4, -0.2) is 0 Å². The molecule has 1 nitrogen and oxygen atoms in total. The number of rotatable bonds is 1. The smallest absolute Gasteiger partial charge is 0.133 e. The predicted molar refractivity (Wildman–Crippen MR) is 70.7 cm³/mol. The monoisotopic (exact) mass is 259 g/mol. The van der Waals surface area contributed by atoms with Gasteiger partial charge in [-0.3, -0.25) is 0 Å². The highest BCUT2D eigenvalue weighted by atomic mass is 35.5. The molecule has 4 heteroatoms. The van der Waals surface area contributed by atoms with Crippen LogP contribution in [0.25, 0.3) is 11.1 Å². The second kappa shape index (κ2) is 6.36. The molecule has 2 aromatic carbocycles. The van der Waals surface area contributed by atoms with Crippen molar-refractivity contribution in [1.29, 1.82) is 0 Å². The molecule has 0 aromatic heterocycles. The van der Waals surface area contributed by atoms with Gasteiger partial charge in [0.25, 0.3) is 0 Å². The van der Waals surface area contributed by atoms with E-state index in [9.17, 15) is 4.39 Å². The van der Waals surface area contributed by atoms with Crippen molar-refractivity contribution in [2.75, 3.05) is 5.73 Å². The summed E-state index contributed by atoms with van der Waals surface area (Å²) in [5.41, 5.74) is 7.36. The summed E-state index contributed by atoms with van der Waals surface area (Å²) < 4.78 is 13.5. The van der Waals surface area contributed by atoms with Gasteiger partial charge in [-0.05, 0) is 23.8 Å². The topological polar surface area (TPSA) is 26.0 Å². The van der Waals surface area contributed by atoms with Crippen molar-refractivity contribution in [2.45, 2.75) is 0 Å². The molecule has 86 valence electrons. The maximum Gasteiger partial charge on any atom is 0.133 e. The number of nitrogens with two attached hydrogens (primary N) is 1. The Morgan fingerprint density at radius 3 is 2.06 bits per heavy atom. The Hall–Kier alpha value is -1.25. The van der Waals surface area contributed by atoms with Crippen LogP contribution >= 0.6 is 24.8 Å². The molecule has 0 aliphatic carbocycles. The van der Waals surface area contributed by atoms with Crippen LogP contribution in [-0.2, 0) is 0 Å². The second-order valence-corrected chi connectivity index (χ2v) is 3.11. The molecule has 0 aliphatic heterocycles. The van der Waals surface area contributed by atoms with Crippen LogP contribution in [0.15, 0.2) is 48.5 Å². The van der Waals surface area contributed by atoms with Crippen molar-refractivity contribution < 1.29 is 4.39 Å². The molecule has 2 N–H and O–H groups in total. The highest BCUT2D eigenvalue weighted by Crippen LogP contribution is 2.23. The fourth-order valence-corrected chi connectivity index (χ4v) is 1.38. The number of halogens is 3.